The number of hydrogen-bond acceptors (Lipinski definition) is 3. The Morgan fingerprint density at radius 1 is 1.41 bits per heavy atom. The lowest BCUT2D eigenvalue weighted by molar-refractivity contribution is 0.388. The van der Waals surface area contributed by atoms with E-state index in [1.165, 1.54) is 6.07 Å². The van der Waals surface area contributed by atoms with E-state index in [-0.39, 0.29) is 11.4 Å². The van der Waals surface area contributed by atoms with Crippen LogP contribution in [-0.2, 0) is 12.0 Å². The van der Waals surface area contributed by atoms with Crippen LogP contribution < -0.4 is 5.32 Å². The second-order valence-corrected chi connectivity index (χ2v) is 5.08. The van der Waals surface area contributed by atoms with Gasteiger partial charge in [0.05, 0.1) is 5.54 Å². The third-order valence-corrected chi connectivity index (χ3v) is 3.99. The summed E-state index contributed by atoms with van der Waals surface area (Å²) < 4.78 is 13.7. The molecule has 1 aromatic carbocycles. The van der Waals surface area contributed by atoms with Crippen molar-refractivity contribution in [2.75, 3.05) is 7.05 Å². The third kappa shape index (κ3) is 2.53. The van der Waals surface area contributed by atoms with Crippen LogP contribution in [0.4, 0.5) is 4.39 Å². The minimum Gasteiger partial charge on any atom is -0.308 e. The van der Waals surface area contributed by atoms with Crippen LogP contribution in [0.2, 0.25) is 0 Å². The summed E-state index contributed by atoms with van der Waals surface area (Å²) in [5.41, 5.74) is 0.385. The fourth-order valence-electron chi connectivity index (χ4n) is 1.79. The van der Waals surface area contributed by atoms with Gasteiger partial charge in [0.25, 0.3) is 0 Å². The molecule has 1 N–H and O–H groups in total. The van der Waals surface area contributed by atoms with Gasteiger partial charge in [-0.15, -0.1) is 11.3 Å². The number of nitrogens with zero attached hydrogens (tertiary/aromatic N) is 1. The van der Waals surface area contributed by atoms with Crippen molar-refractivity contribution in [2.24, 2.45) is 0 Å². The summed E-state index contributed by atoms with van der Waals surface area (Å²) in [4.78, 5) is 4.32. The monoisotopic (exact) mass is 250 g/mol. The molecule has 0 bridgehead atoms. The summed E-state index contributed by atoms with van der Waals surface area (Å²) >= 11 is 1.58. The van der Waals surface area contributed by atoms with Crippen LogP contribution in [0.1, 0.15) is 17.5 Å². The Morgan fingerprint density at radius 3 is 2.76 bits per heavy atom. The molecule has 4 heteroatoms. The van der Waals surface area contributed by atoms with Gasteiger partial charge in [0, 0.05) is 11.6 Å². The second kappa shape index (κ2) is 4.94. The maximum atomic E-state index is 13.7. The third-order valence-electron chi connectivity index (χ3n) is 2.96. The maximum Gasteiger partial charge on any atom is 0.126 e. The number of aromatic nitrogens is 1. The highest BCUT2D eigenvalue weighted by atomic mass is 32.1. The van der Waals surface area contributed by atoms with Gasteiger partial charge in [0.15, 0.2) is 0 Å². The molecule has 0 saturated heterocycles. The molecule has 0 saturated carbocycles. The van der Waals surface area contributed by atoms with Gasteiger partial charge in [0.1, 0.15) is 10.8 Å². The maximum absolute atomic E-state index is 13.7. The summed E-state index contributed by atoms with van der Waals surface area (Å²) in [6.45, 7) is 2.04. The minimum absolute atomic E-state index is 0.162. The molecule has 17 heavy (non-hydrogen) atoms. The highest BCUT2D eigenvalue weighted by Gasteiger charge is 2.28. The first-order valence-corrected chi connectivity index (χ1v) is 6.36. The van der Waals surface area contributed by atoms with Crippen LogP contribution >= 0.6 is 11.3 Å². The van der Waals surface area contributed by atoms with Gasteiger partial charge in [0.2, 0.25) is 0 Å². The first kappa shape index (κ1) is 12.2. The highest BCUT2D eigenvalue weighted by Crippen LogP contribution is 2.27. The minimum atomic E-state index is -0.323. The van der Waals surface area contributed by atoms with E-state index < -0.39 is 0 Å². The molecule has 90 valence electrons. The molecule has 0 radical (unpaired) electrons. The zero-order chi connectivity index (χ0) is 12.3. The molecule has 0 aliphatic rings. The summed E-state index contributed by atoms with van der Waals surface area (Å²) in [7, 11) is 1.88. The molecule has 0 amide bonds. The Labute approximate surface area is 105 Å². The summed E-state index contributed by atoms with van der Waals surface area (Å²) in [6, 6.07) is 6.88. The van der Waals surface area contributed by atoms with Crippen molar-refractivity contribution in [1.82, 2.24) is 10.3 Å². The van der Waals surface area contributed by atoms with Crippen molar-refractivity contribution in [3.63, 3.8) is 0 Å². The van der Waals surface area contributed by atoms with Crippen LogP contribution in [0.25, 0.3) is 0 Å². The first-order chi connectivity index (χ1) is 8.15. The van der Waals surface area contributed by atoms with E-state index in [1.54, 1.807) is 23.6 Å². The molecule has 1 unspecified atom stereocenters. The Balaban J connectivity index is 2.30. The van der Waals surface area contributed by atoms with Gasteiger partial charge < -0.3 is 5.32 Å². The topological polar surface area (TPSA) is 24.9 Å². The average molecular weight is 250 g/mol. The molecule has 2 rings (SSSR count). The molecule has 1 atom stereocenters. The van der Waals surface area contributed by atoms with Gasteiger partial charge in [-0.1, -0.05) is 18.2 Å². The molecular weight excluding hydrogens is 235 g/mol. The lowest BCUT2D eigenvalue weighted by Crippen LogP contribution is -2.39. The van der Waals surface area contributed by atoms with Crippen LogP contribution in [0.15, 0.2) is 35.8 Å². The summed E-state index contributed by atoms with van der Waals surface area (Å²) in [5.74, 6) is -0.162. The highest BCUT2D eigenvalue weighted by molar-refractivity contribution is 7.09. The van der Waals surface area contributed by atoms with Crippen molar-refractivity contribution in [1.29, 1.82) is 0 Å². The van der Waals surface area contributed by atoms with Crippen molar-refractivity contribution in [3.8, 4) is 0 Å². The Morgan fingerprint density at radius 2 is 2.18 bits per heavy atom. The van der Waals surface area contributed by atoms with E-state index in [0.29, 0.717) is 12.0 Å². The molecule has 2 aromatic rings. The number of rotatable bonds is 4. The Bertz CT molecular complexity index is 484. The smallest absolute Gasteiger partial charge is 0.126 e. The fraction of sp³-hybridized carbons (Fsp3) is 0.308. The normalized spacial score (nSPS) is 14.5. The van der Waals surface area contributed by atoms with E-state index in [0.717, 1.165) is 5.01 Å². The van der Waals surface area contributed by atoms with E-state index in [1.807, 2.05) is 31.5 Å². The predicted molar refractivity (Wildman–Crippen MR) is 68.6 cm³/mol. The lowest BCUT2D eigenvalue weighted by atomic mass is 9.93. The largest absolute Gasteiger partial charge is 0.308 e. The molecule has 0 spiro atoms. The van der Waals surface area contributed by atoms with Crippen LogP contribution in [0, 0.1) is 5.82 Å². The van der Waals surface area contributed by atoms with Crippen molar-refractivity contribution in [2.45, 2.75) is 18.9 Å². The van der Waals surface area contributed by atoms with E-state index in [9.17, 15) is 4.39 Å². The van der Waals surface area contributed by atoms with Crippen molar-refractivity contribution < 1.29 is 4.39 Å². The molecular formula is C13H15FN2S. The van der Waals surface area contributed by atoms with E-state index >= 15 is 0 Å². The zero-order valence-electron chi connectivity index (χ0n) is 9.90. The summed E-state index contributed by atoms with van der Waals surface area (Å²) in [5, 5.41) is 6.15. The van der Waals surface area contributed by atoms with Gasteiger partial charge >= 0.3 is 0 Å². The van der Waals surface area contributed by atoms with Gasteiger partial charge in [-0.3, -0.25) is 0 Å². The van der Waals surface area contributed by atoms with E-state index in [2.05, 4.69) is 10.3 Å². The SMILES string of the molecule is CNC(C)(Cc1ccccc1F)c1nccs1. The molecule has 0 fully saturated rings. The molecule has 0 aliphatic carbocycles. The predicted octanol–water partition coefficient (Wildman–Crippen LogP) is 2.96. The van der Waals surface area contributed by atoms with Crippen molar-refractivity contribution in [3.05, 3.63) is 52.2 Å². The van der Waals surface area contributed by atoms with Gasteiger partial charge in [-0.25, -0.2) is 9.37 Å². The number of thiazole rings is 1. The quantitative estimate of drug-likeness (QED) is 0.902. The van der Waals surface area contributed by atoms with Crippen LogP contribution in [0.5, 0.6) is 0 Å². The number of halogens is 1. The van der Waals surface area contributed by atoms with Gasteiger partial charge in [-0.05, 0) is 32.0 Å². The lowest BCUT2D eigenvalue weighted by Gasteiger charge is -2.27. The van der Waals surface area contributed by atoms with E-state index in [4.69, 9.17) is 0 Å². The standard InChI is InChI=1S/C13H15FN2S/c1-13(15-2,12-16-7-8-17-12)9-10-5-3-4-6-11(10)14/h3-8,15H,9H2,1-2H3. The molecule has 1 heterocycles. The molecule has 0 aliphatic heterocycles. The van der Waals surface area contributed by atoms with Crippen LogP contribution in [0.3, 0.4) is 0 Å². The molecule has 2 nitrogen and oxygen atoms in total. The Hall–Kier alpha value is -1.26. The number of hydrogen-bond donors (Lipinski definition) is 1. The summed E-state index contributed by atoms with van der Waals surface area (Å²) in [6.07, 6.45) is 2.36. The molecule has 1 aromatic heterocycles. The van der Waals surface area contributed by atoms with Crippen molar-refractivity contribution >= 4 is 11.3 Å². The Kier molecular flexibility index (Phi) is 3.54. The number of benzene rings is 1. The number of likely N-dealkylation sites (N-methyl/N-ethyl adjacent to an activating group) is 1. The zero-order valence-corrected chi connectivity index (χ0v) is 10.7. The average Bonchev–Trinajstić information content (AvgIpc) is 2.86. The second-order valence-electron chi connectivity index (χ2n) is 4.19. The number of nitrogens with one attached hydrogen (secondary N) is 1. The van der Waals surface area contributed by atoms with Gasteiger partial charge in [-0.2, -0.15) is 0 Å². The fourth-order valence-corrected chi connectivity index (χ4v) is 2.60. The first-order valence-electron chi connectivity index (χ1n) is 5.48. The van der Waals surface area contributed by atoms with Crippen LogP contribution in [-0.4, -0.2) is 12.0 Å².